The first-order valence-electron chi connectivity index (χ1n) is 4.22. The van der Waals surface area contributed by atoms with Crippen molar-refractivity contribution in [1.29, 1.82) is 0 Å². The Labute approximate surface area is 84.5 Å². The minimum atomic E-state index is -4.56. The summed E-state index contributed by atoms with van der Waals surface area (Å²) in [5.41, 5.74) is 2.42. The average molecular weight is 223 g/mol. The van der Waals surface area contributed by atoms with Crippen molar-refractivity contribution in [3.63, 3.8) is 0 Å². The SMILES string of the molecule is CC(C)(O)Cn1ncc(N)c1C(F)(F)F. The normalized spacial score (nSPS) is 13.2. The zero-order valence-electron chi connectivity index (χ0n) is 8.34. The second-order valence-electron chi connectivity index (χ2n) is 3.92. The van der Waals surface area contributed by atoms with Crippen molar-refractivity contribution in [2.75, 3.05) is 5.73 Å². The van der Waals surface area contributed by atoms with Crippen LogP contribution in [0.15, 0.2) is 6.20 Å². The highest BCUT2D eigenvalue weighted by Gasteiger charge is 2.38. The van der Waals surface area contributed by atoms with Crippen LogP contribution in [0.3, 0.4) is 0 Å². The van der Waals surface area contributed by atoms with Gasteiger partial charge in [0.2, 0.25) is 0 Å². The predicted octanol–water partition coefficient (Wildman–Crippen LogP) is 1.26. The van der Waals surface area contributed by atoms with Crippen molar-refractivity contribution in [3.05, 3.63) is 11.9 Å². The number of hydrogen-bond donors (Lipinski definition) is 2. The number of rotatable bonds is 2. The number of anilines is 1. The van der Waals surface area contributed by atoms with Crippen LogP contribution in [0.1, 0.15) is 19.5 Å². The first-order valence-corrected chi connectivity index (χ1v) is 4.22. The molecular weight excluding hydrogens is 211 g/mol. The Morgan fingerprint density at radius 1 is 1.47 bits per heavy atom. The molecule has 1 aromatic rings. The lowest BCUT2D eigenvalue weighted by atomic mass is 10.1. The molecule has 86 valence electrons. The van der Waals surface area contributed by atoms with Crippen LogP contribution in [0.2, 0.25) is 0 Å². The van der Waals surface area contributed by atoms with Crippen molar-refractivity contribution >= 4 is 5.69 Å². The van der Waals surface area contributed by atoms with E-state index in [1.165, 1.54) is 13.8 Å². The number of halogens is 3. The Morgan fingerprint density at radius 3 is 2.40 bits per heavy atom. The van der Waals surface area contributed by atoms with Crippen LogP contribution in [-0.2, 0) is 12.7 Å². The Balaban J connectivity index is 3.10. The zero-order chi connectivity index (χ0) is 11.9. The van der Waals surface area contributed by atoms with Crippen LogP contribution in [0.4, 0.5) is 18.9 Å². The highest BCUT2D eigenvalue weighted by molar-refractivity contribution is 5.42. The first-order chi connectivity index (χ1) is 6.61. The lowest BCUT2D eigenvalue weighted by Crippen LogP contribution is -2.29. The van der Waals surface area contributed by atoms with Gasteiger partial charge in [-0.25, -0.2) is 0 Å². The van der Waals surface area contributed by atoms with Gasteiger partial charge >= 0.3 is 6.18 Å². The van der Waals surface area contributed by atoms with Gasteiger partial charge in [-0.05, 0) is 13.8 Å². The van der Waals surface area contributed by atoms with Gasteiger partial charge in [-0.1, -0.05) is 0 Å². The van der Waals surface area contributed by atoms with E-state index >= 15 is 0 Å². The van der Waals surface area contributed by atoms with Gasteiger partial charge in [0.25, 0.3) is 0 Å². The fourth-order valence-electron chi connectivity index (χ4n) is 1.20. The fraction of sp³-hybridized carbons (Fsp3) is 0.625. The second-order valence-corrected chi connectivity index (χ2v) is 3.92. The summed E-state index contributed by atoms with van der Waals surface area (Å²) in [7, 11) is 0. The maximum atomic E-state index is 12.5. The van der Waals surface area contributed by atoms with Gasteiger partial charge < -0.3 is 10.8 Å². The largest absolute Gasteiger partial charge is 0.435 e. The minimum Gasteiger partial charge on any atom is -0.396 e. The molecular formula is C8H12F3N3O. The van der Waals surface area contributed by atoms with Gasteiger partial charge in [-0.2, -0.15) is 18.3 Å². The van der Waals surface area contributed by atoms with Crippen molar-refractivity contribution in [2.24, 2.45) is 0 Å². The number of alkyl halides is 3. The summed E-state index contributed by atoms with van der Waals surface area (Å²) in [6.45, 7) is 2.52. The minimum absolute atomic E-state index is 0.265. The van der Waals surface area contributed by atoms with Crippen LogP contribution >= 0.6 is 0 Å². The lowest BCUT2D eigenvalue weighted by molar-refractivity contribution is -0.144. The van der Waals surface area contributed by atoms with Crippen LogP contribution in [-0.4, -0.2) is 20.5 Å². The molecule has 0 aromatic carbocycles. The van der Waals surface area contributed by atoms with E-state index in [1.54, 1.807) is 0 Å². The third-order valence-corrected chi connectivity index (χ3v) is 1.67. The number of aliphatic hydroxyl groups is 1. The van der Waals surface area contributed by atoms with E-state index in [1.807, 2.05) is 0 Å². The maximum absolute atomic E-state index is 12.5. The van der Waals surface area contributed by atoms with E-state index in [0.717, 1.165) is 6.20 Å². The first kappa shape index (κ1) is 11.8. The van der Waals surface area contributed by atoms with Gasteiger partial charge in [-0.15, -0.1) is 0 Å². The van der Waals surface area contributed by atoms with Crippen molar-refractivity contribution in [2.45, 2.75) is 32.2 Å². The highest BCUT2D eigenvalue weighted by Crippen LogP contribution is 2.33. The summed E-state index contributed by atoms with van der Waals surface area (Å²) >= 11 is 0. The van der Waals surface area contributed by atoms with Crippen LogP contribution in [0.25, 0.3) is 0 Å². The molecule has 0 aliphatic heterocycles. The summed E-state index contributed by atoms with van der Waals surface area (Å²) in [5.74, 6) is 0. The molecule has 1 heterocycles. The molecule has 0 radical (unpaired) electrons. The van der Waals surface area contributed by atoms with E-state index < -0.39 is 23.2 Å². The number of aromatic nitrogens is 2. The number of nitrogens with zero attached hydrogens (tertiary/aromatic N) is 2. The van der Waals surface area contributed by atoms with Gasteiger partial charge in [-0.3, -0.25) is 4.68 Å². The molecule has 0 spiro atoms. The maximum Gasteiger partial charge on any atom is 0.435 e. The van der Waals surface area contributed by atoms with E-state index in [-0.39, 0.29) is 6.54 Å². The van der Waals surface area contributed by atoms with Crippen LogP contribution in [0, 0.1) is 0 Å². The Morgan fingerprint density at radius 2 is 2.00 bits per heavy atom. The van der Waals surface area contributed by atoms with Gasteiger partial charge in [0.1, 0.15) is 0 Å². The second kappa shape index (κ2) is 3.41. The molecule has 0 saturated carbocycles. The molecule has 7 heteroatoms. The van der Waals surface area contributed by atoms with E-state index in [0.29, 0.717) is 4.68 Å². The monoisotopic (exact) mass is 223 g/mol. The summed E-state index contributed by atoms with van der Waals surface area (Å²) in [4.78, 5) is 0. The number of hydrogen-bond acceptors (Lipinski definition) is 3. The Hall–Kier alpha value is -1.24. The number of nitrogens with two attached hydrogens (primary N) is 1. The molecule has 0 atom stereocenters. The third kappa shape index (κ3) is 2.85. The molecule has 0 aliphatic carbocycles. The number of nitrogen functional groups attached to an aromatic ring is 1. The molecule has 0 unspecified atom stereocenters. The van der Waals surface area contributed by atoms with Crippen molar-refractivity contribution in [1.82, 2.24) is 9.78 Å². The van der Waals surface area contributed by atoms with E-state index in [9.17, 15) is 18.3 Å². The average Bonchev–Trinajstić information content (AvgIpc) is 2.25. The summed E-state index contributed by atoms with van der Waals surface area (Å²) in [6, 6.07) is 0. The van der Waals surface area contributed by atoms with E-state index in [4.69, 9.17) is 5.73 Å². The van der Waals surface area contributed by atoms with Gasteiger partial charge in [0.05, 0.1) is 24.0 Å². The summed E-state index contributed by atoms with van der Waals surface area (Å²) < 4.78 is 38.1. The Kier molecular flexibility index (Phi) is 2.69. The molecule has 0 saturated heterocycles. The third-order valence-electron chi connectivity index (χ3n) is 1.67. The molecule has 0 bridgehead atoms. The van der Waals surface area contributed by atoms with Crippen molar-refractivity contribution < 1.29 is 18.3 Å². The predicted molar refractivity (Wildman–Crippen MR) is 47.9 cm³/mol. The van der Waals surface area contributed by atoms with Crippen molar-refractivity contribution in [3.8, 4) is 0 Å². The molecule has 0 aliphatic rings. The van der Waals surface area contributed by atoms with Gasteiger partial charge in [0.15, 0.2) is 5.69 Å². The molecule has 4 nitrogen and oxygen atoms in total. The topological polar surface area (TPSA) is 64.1 Å². The summed E-state index contributed by atoms with van der Waals surface area (Å²) in [5, 5.41) is 12.9. The quantitative estimate of drug-likeness (QED) is 0.793. The smallest absolute Gasteiger partial charge is 0.396 e. The molecule has 0 fully saturated rings. The van der Waals surface area contributed by atoms with Crippen LogP contribution < -0.4 is 5.73 Å². The molecule has 15 heavy (non-hydrogen) atoms. The van der Waals surface area contributed by atoms with Crippen LogP contribution in [0.5, 0.6) is 0 Å². The molecule has 1 aromatic heterocycles. The summed E-state index contributed by atoms with van der Waals surface area (Å²) in [6.07, 6.45) is -3.64. The molecule has 3 N–H and O–H groups in total. The lowest BCUT2D eigenvalue weighted by Gasteiger charge is -2.19. The molecule has 0 amide bonds. The fourth-order valence-corrected chi connectivity index (χ4v) is 1.20. The molecule has 1 rings (SSSR count). The Bertz CT molecular complexity index is 351. The zero-order valence-corrected chi connectivity index (χ0v) is 8.34. The van der Waals surface area contributed by atoms with E-state index in [2.05, 4.69) is 5.10 Å². The standard InChI is InChI=1S/C8H12F3N3O/c1-7(2,15)4-14-6(8(9,10)11)5(12)3-13-14/h3,15H,4,12H2,1-2H3. The highest BCUT2D eigenvalue weighted by atomic mass is 19.4. The van der Waals surface area contributed by atoms with Gasteiger partial charge in [0, 0.05) is 0 Å².